The molecule has 0 bridgehead atoms. The molecule has 8 aromatic rings. The standard InChI is InChI=1S/C41H31N5/c1-42-40(45-41(31-16-6-3-7-17-31)44-25-28-12-4-2-5-13-28)32-24-33(27-43-26-32)46-36-22-20-29-14-8-10-18-34(29)38(36)39-35-19-11-9-15-30(35)21-23-37(39)46/h2-24,26-27H,25H2,1H3,(H,42,44,45). The highest BCUT2D eigenvalue weighted by Crippen LogP contribution is 2.40. The summed E-state index contributed by atoms with van der Waals surface area (Å²) in [5.41, 5.74) is 6.21. The average molecular weight is 594 g/mol. The van der Waals surface area contributed by atoms with Crippen LogP contribution in [0.25, 0.3) is 49.0 Å². The van der Waals surface area contributed by atoms with E-state index in [1.165, 1.54) is 32.3 Å². The number of fused-ring (bicyclic) bond motifs is 7. The van der Waals surface area contributed by atoms with Gasteiger partial charge in [-0.2, -0.15) is 0 Å². The van der Waals surface area contributed by atoms with Crippen LogP contribution in [0.5, 0.6) is 0 Å². The van der Waals surface area contributed by atoms with Crippen molar-refractivity contribution in [3.8, 4) is 5.69 Å². The maximum Gasteiger partial charge on any atom is 0.157 e. The molecule has 0 saturated carbocycles. The molecule has 2 heterocycles. The minimum absolute atomic E-state index is 0.535. The van der Waals surface area contributed by atoms with Crippen LogP contribution in [0.2, 0.25) is 0 Å². The van der Waals surface area contributed by atoms with Gasteiger partial charge >= 0.3 is 0 Å². The Morgan fingerprint density at radius 1 is 0.630 bits per heavy atom. The van der Waals surface area contributed by atoms with E-state index < -0.39 is 0 Å². The second-order valence-electron chi connectivity index (χ2n) is 11.3. The summed E-state index contributed by atoms with van der Waals surface area (Å²) in [4.78, 5) is 14.8. The van der Waals surface area contributed by atoms with Crippen LogP contribution in [-0.2, 0) is 6.54 Å². The lowest BCUT2D eigenvalue weighted by Crippen LogP contribution is -2.22. The first-order valence-electron chi connectivity index (χ1n) is 15.5. The molecule has 46 heavy (non-hydrogen) atoms. The Bertz CT molecular complexity index is 2330. The summed E-state index contributed by atoms with van der Waals surface area (Å²) in [5, 5.41) is 10.8. The molecule has 1 N–H and O–H groups in total. The fourth-order valence-corrected chi connectivity index (χ4v) is 6.40. The molecule has 0 radical (unpaired) electrons. The van der Waals surface area contributed by atoms with E-state index in [-0.39, 0.29) is 0 Å². The van der Waals surface area contributed by atoms with E-state index in [2.05, 4.69) is 101 Å². The molecule has 0 aliphatic carbocycles. The van der Waals surface area contributed by atoms with Crippen LogP contribution in [-0.4, -0.2) is 28.3 Å². The fourth-order valence-electron chi connectivity index (χ4n) is 6.40. The van der Waals surface area contributed by atoms with Crippen molar-refractivity contribution in [1.29, 1.82) is 0 Å². The fraction of sp³-hybridized carbons (Fsp3) is 0.0488. The van der Waals surface area contributed by atoms with Crippen molar-refractivity contribution in [1.82, 2.24) is 14.9 Å². The number of benzene rings is 6. The Balaban J connectivity index is 1.31. The van der Waals surface area contributed by atoms with Gasteiger partial charge in [-0.3, -0.25) is 9.98 Å². The summed E-state index contributed by atoms with van der Waals surface area (Å²) in [6.45, 7) is 0.535. The van der Waals surface area contributed by atoms with Crippen molar-refractivity contribution in [2.45, 2.75) is 6.54 Å². The molecule has 5 heteroatoms. The Morgan fingerprint density at radius 2 is 1.22 bits per heavy atom. The van der Waals surface area contributed by atoms with Crippen LogP contribution >= 0.6 is 0 Å². The second kappa shape index (κ2) is 11.8. The lowest BCUT2D eigenvalue weighted by Gasteiger charge is -2.12. The Kier molecular flexibility index (Phi) is 7.04. The lowest BCUT2D eigenvalue weighted by atomic mass is 10.00. The van der Waals surface area contributed by atoms with Crippen LogP contribution < -0.4 is 5.32 Å². The van der Waals surface area contributed by atoms with Gasteiger partial charge in [-0.25, -0.2) is 4.99 Å². The molecule has 8 rings (SSSR count). The Labute approximate surface area is 267 Å². The molecule has 0 unspecified atom stereocenters. The zero-order valence-corrected chi connectivity index (χ0v) is 25.4. The summed E-state index contributed by atoms with van der Waals surface area (Å²) >= 11 is 0. The summed E-state index contributed by atoms with van der Waals surface area (Å²) < 4.78 is 2.33. The molecule has 0 saturated heterocycles. The van der Waals surface area contributed by atoms with Crippen LogP contribution in [0.4, 0.5) is 0 Å². The molecule has 6 aromatic carbocycles. The molecule has 0 fully saturated rings. The molecule has 0 aliphatic heterocycles. The lowest BCUT2D eigenvalue weighted by molar-refractivity contribution is 1.06. The van der Waals surface area contributed by atoms with Gasteiger partial charge in [0.05, 0.1) is 29.5 Å². The smallest absolute Gasteiger partial charge is 0.157 e. The Morgan fingerprint density at radius 3 is 1.85 bits per heavy atom. The largest absolute Gasteiger partial charge is 0.373 e. The maximum absolute atomic E-state index is 5.09. The molecule has 5 nitrogen and oxygen atoms in total. The number of aromatic nitrogens is 2. The van der Waals surface area contributed by atoms with Gasteiger partial charge in [0.2, 0.25) is 0 Å². The number of rotatable bonds is 5. The number of nitrogens with one attached hydrogen (secondary N) is 1. The van der Waals surface area contributed by atoms with E-state index in [9.17, 15) is 0 Å². The third kappa shape index (κ3) is 4.88. The van der Waals surface area contributed by atoms with Crippen molar-refractivity contribution in [3.05, 3.63) is 169 Å². The first-order chi connectivity index (χ1) is 22.8. The predicted molar refractivity (Wildman–Crippen MR) is 192 cm³/mol. The van der Waals surface area contributed by atoms with Crippen LogP contribution in [0.1, 0.15) is 16.7 Å². The minimum Gasteiger partial charge on any atom is -0.373 e. The topological polar surface area (TPSA) is 54.6 Å². The maximum atomic E-state index is 5.09. The molecule has 0 atom stereocenters. The summed E-state index contributed by atoms with van der Waals surface area (Å²) in [7, 11) is 1.89. The normalized spacial score (nSPS) is 12.4. The zero-order chi connectivity index (χ0) is 30.9. The molecule has 220 valence electrons. The number of hydrogen-bond acceptors (Lipinski definition) is 2. The summed E-state index contributed by atoms with van der Waals surface area (Å²) in [6, 6.07) is 48.7. The van der Waals surface area contributed by atoms with Gasteiger partial charge in [-0.1, -0.05) is 121 Å². The molecule has 0 amide bonds. The number of pyridine rings is 1. The number of amidine groups is 2. The number of hydrogen-bond donors (Lipinski definition) is 1. The molecular weight excluding hydrogens is 562 g/mol. The van der Waals surface area contributed by atoms with Crippen molar-refractivity contribution >= 4 is 55.0 Å². The van der Waals surface area contributed by atoms with Gasteiger partial charge in [-0.15, -0.1) is 0 Å². The minimum atomic E-state index is 0.535. The highest BCUT2D eigenvalue weighted by Gasteiger charge is 2.18. The third-order valence-corrected chi connectivity index (χ3v) is 8.54. The van der Waals surface area contributed by atoms with Crippen LogP contribution in [0.3, 0.4) is 0 Å². The highest BCUT2D eigenvalue weighted by molar-refractivity contribution is 6.28. The van der Waals surface area contributed by atoms with Gasteiger partial charge in [0.15, 0.2) is 5.84 Å². The van der Waals surface area contributed by atoms with Crippen molar-refractivity contribution in [2.75, 3.05) is 7.05 Å². The van der Waals surface area contributed by atoms with Gasteiger partial charge in [-0.05, 0) is 45.3 Å². The van der Waals surface area contributed by atoms with Gasteiger partial charge in [0, 0.05) is 35.1 Å². The van der Waals surface area contributed by atoms with Crippen LogP contribution in [0, 0.1) is 0 Å². The first kappa shape index (κ1) is 27.5. The quantitative estimate of drug-likeness (QED) is 0.160. The zero-order valence-electron chi connectivity index (χ0n) is 25.4. The monoisotopic (exact) mass is 593 g/mol. The van der Waals surface area contributed by atoms with E-state index in [1.807, 2.05) is 68.0 Å². The molecule has 0 aliphatic rings. The molecule has 0 spiro atoms. The van der Waals surface area contributed by atoms with Crippen molar-refractivity contribution < 1.29 is 0 Å². The van der Waals surface area contributed by atoms with E-state index in [0.717, 1.165) is 33.4 Å². The van der Waals surface area contributed by atoms with E-state index in [1.54, 1.807) is 0 Å². The third-order valence-electron chi connectivity index (χ3n) is 8.54. The summed E-state index contributed by atoms with van der Waals surface area (Å²) in [6.07, 6.45) is 3.79. The molecule has 2 aromatic heterocycles. The first-order valence-corrected chi connectivity index (χ1v) is 15.5. The SMILES string of the molecule is CNC(=NC(=NCc1ccccc1)c1ccccc1)c1cncc(-n2c3ccc4ccccc4c3c3c4ccccc4ccc32)c1. The average Bonchev–Trinajstić information content (AvgIpc) is 3.48. The Hall–Kier alpha value is -6.07. The van der Waals surface area contributed by atoms with Crippen LogP contribution in [0.15, 0.2) is 162 Å². The van der Waals surface area contributed by atoms with Crippen molar-refractivity contribution in [2.24, 2.45) is 9.98 Å². The van der Waals surface area contributed by atoms with Gasteiger partial charge < -0.3 is 9.88 Å². The van der Waals surface area contributed by atoms with E-state index >= 15 is 0 Å². The van der Waals surface area contributed by atoms with E-state index in [0.29, 0.717) is 18.2 Å². The van der Waals surface area contributed by atoms with Gasteiger partial charge in [0.1, 0.15) is 5.84 Å². The van der Waals surface area contributed by atoms with Crippen molar-refractivity contribution in [3.63, 3.8) is 0 Å². The second-order valence-corrected chi connectivity index (χ2v) is 11.3. The highest BCUT2D eigenvalue weighted by atomic mass is 15.0. The number of aliphatic imine (C=N–C) groups is 2. The number of nitrogens with zero attached hydrogens (tertiary/aromatic N) is 4. The van der Waals surface area contributed by atoms with Gasteiger partial charge in [0.25, 0.3) is 0 Å². The van der Waals surface area contributed by atoms with E-state index in [4.69, 9.17) is 15.0 Å². The summed E-state index contributed by atoms with van der Waals surface area (Å²) in [5.74, 6) is 1.36. The molecular formula is C41H31N5. The predicted octanol–water partition coefficient (Wildman–Crippen LogP) is 9.10.